The normalized spacial score (nSPS) is 10.2. The first-order valence-electron chi connectivity index (χ1n) is 5.30. The van der Waals surface area contributed by atoms with Gasteiger partial charge in [0.25, 0.3) is 0 Å². The predicted molar refractivity (Wildman–Crippen MR) is 70.1 cm³/mol. The van der Waals surface area contributed by atoms with Crippen molar-refractivity contribution in [3.05, 3.63) is 41.9 Å². The predicted octanol–water partition coefficient (Wildman–Crippen LogP) is 2.51. The van der Waals surface area contributed by atoms with E-state index < -0.39 is 0 Å². The number of hydrogen-bond acceptors (Lipinski definition) is 5. The van der Waals surface area contributed by atoms with Gasteiger partial charge in [0.15, 0.2) is 5.16 Å². The summed E-state index contributed by atoms with van der Waals surface area (Å²) in [5, 5.41) is 4.06. The molecule has 17 heavy (non-hydrogen) atoms. The largest absolute Gasteiger partial charge is 0.366 e. The zero-order valence-corrected chi connectivity index (χ0v) is 10.7. The molecule has 2 heterocycles. The summed E-state index contributed by atoms with van der Waals surface area (Å²) in [6.07, 6.45) is 5.58. The Hall–Kier alpha value is -1.62. The fraction of sp³-hybridized carbons (Fsp3) is 0.250. The number of nitrogens with zero attached hydrogens (tertiary/aromatic N) is 3. The molecule has 0 aliphatic carbocycles. The molecule has 0 saturated carbocycles. The Morgan fingerprint density at radius 1 is 1.35 bits per heavy atom. The number of rotatable bonds is 4. The molecule has 0 fully saturated rings. The first-order chi connectivity index (χ1) is 8.28. The summed E-state index contributed by atoms with van der Waals surface area (Å²) < 4.78 is 0. The van der Waals surface area contributed by atoms with Gasteiger partial charge in [-0.15, -0.1) is 0 Å². The van der Waals surface area contributed by atoms with Crippen LogP contribution in [0.3, 0.4) is 0 Å². The lowest BCUT2D eigenvalue weighted by Gasteiger charge is -2.07. The summed E-state index contributed by atoms with van der Waals surface area (Å²) in [5.41, 5.74) is 2.10. The highest BCUT2D eigenvalue weighted by atomic mass is 32.2. The van der Waals surface area contributed by atoms with Gasteiger partial charge in [0.2, 0.25) is 0 Å². The molecule has 0 radical (unpaired) electrons. The topological polar surface area (TPSA) is 50.7 Å². The number of anilines is 1. The molecule has 88 valence electrons. The van der Waals surface area contributed by atoms with E-state index in [2.05, 4.69) is 20.3 Å². The Kier molecular flexibility index (Phi) is 3.93. The van der Waals surface area contributed by atoms with Gasteiger partial charge >= 0.3 is 0 Å². The van der Waals surface area contributed by atoms with Gasteiger partial charge in [-0.1, -0.05) is 17.8 Å². The van der Waals surface area contributed by atoms with Crippen LogP contribution in [0.25, 0.3) is 0 Å². The second-order valence-electron chi connectivity index (χ2n) is 3.60. The van der Waals surface area contributed by atoms with E-state index in [1.54, 1.807) is 18.0 Å². The van der Waals surface area contributed by atoms with E-state index in [0.717, 1.165) is 28.8 Å². The molecular formula is C12H14N4S. The van der Waals surface area contributed by atoms with E-state index >= 15 is 0 Å². The van der Waals surface area contributed by atoms with Gasteiger partial charge in [0.05, 0.1) is 0 Å². The van der Waals surface area contributed by atoms with Crippen molar-refractivity contribution in [3.63, 3.8) is 0 Å². The maximum atomic E-state index is 4.39. The van der Waals surface area contributed by atoms with Gasteiger partial charge in [0, 0.05) is 30.7 Å². The fourth-order valence-corrected chi connectivity index (χ4v) is 1.84. The molecule has 5 heteroatoms. The summed E-state index contributed by atoms with van der Waals surface area (Å²) in [4.78, 5) is 12.8. The number of hydrogen-bond donors (Lipinski definition) is 1. The van der Waals surface area contributed by atoms with Gasteiger partial charge < -0.3 is 5.32 Å². The van der Waals surface area contributed by atoms with Crippen molar-refractivity contribution in [3.8, 4) is 0 Å². The molecule has 0 saturated heterocycles. The maximum Gasteiger partial charge on any atom is 0.189 e. The molecule has 0 aliphatic rings. The SMILES string of the molecule is CSc1nc(C)cc(NCc2cccnc2)n1. The molecule has 0 aliphatic heterocycles. The third-order valence-electron chi connectivity index (χ3n) is 2.21. The minimum atomic E-state index is 0.720. The summed E-state index contributed by atoms with van der Waals surface area (Å²) >= 11 is 1.54. The van der Waals surface area contributed by atoms with Crippen molar-refractivity contribution in [2.45, 2.75) is 18.6 Å². The highest BCUT2D eigenvalue weighted by molar-refractivity contribution is 7.98. The van der Waals surface area contributed by atoms with Crippen LogP contribution in [0.5, 0.6) is 0 Å². The standard InChI is InChI=1S/C12H14N4S/c1-9-6-11(16-12(15-9)17-2)14-8-10-4-3-5-13-7-10/h3-7H,8H2,1-2H3,(H,14,15,16). The molecule has 0 atom stereocenters. The molecule has 0 bridgehead atoms. The van der Waals surface area contributed by atoms with Crippen molar-refractivity contribution < 1.29 is 0 Å². The second kappa shape index (κ2) is 5.63. The Morgan fingerprint density at radius 3 is 2.94 bits per heavy atom. The van der Waals surface area contributed by atoms with Gasteiger partial charge in [-0.25, -0.2) is 9.97 Å². The smallest absolute Gasteiger partial charge is 0.189 e. The molecule has 4 nitrogen and oxygen atoms in total. The monoisotopic (exact) mass is 246 g/mol. The number of thioether (sulfide) groups is 1. The Labute approximate surface area is 105 Å². The summed E-state index contributed by atoms with van der Waals surface area (Å²) in [6.45, 7) is 2.69. The quantitative estimate of drug-likeness (QED) is 0.663. The molecule has 1 N–H and O–H groups in total. The first-order valence-corrected chi connectivity index (χ1v) is 6.53. The molecule has 2 aromatic heterocycles. The molecular weight excluding hydrogens is 232 g/mol. The molecule has 0 spiro atoms. The summed E-state index contributed by atoms with van der Waals surface area (Å²) in [5.74, 6) is 0.853. The van der Waals surface area contributed by atoms with Gasteiger partial charge in [-0.3, -0.25) is 4.98 Å². The zero-order chi connectivity index (χ0) is 12.1. The third kappa shape index (κ3) is 3.42. The van der Waals surface area contributed by atoms with Gasteiger partial charge in [-0.05, 0) is 24.8 Å². The maximum absolute atomic E-state index is 4.39. The number of pyridine rings is 1. The lowest BCUT2D eigenvalue weighted by molar-refractivity contribution is 0.925. The van der Waals surface area contributed by atoms with Crippen LogP contribution < -0.4 is 5.32 Å². The van der Waals surface area contributed by atoms with Crippen molar-refractivity contribution in [1.29, 1.82) is 0 Å². The van der Waals surface area contributed by atoms with Crippen molar-refractivity contribution >= 4 is 17.6 Å². The minimum Gasteiger partial charge on any atom is -0.366 e. The molecule has 0 unspecified atom stereocenters. The first kappa shape index (κ1) is 11.9. The lowest BCUT2D eigenvalue weighted by atomic mass is 10.3. The third-order valence-corrected chi connectivity index (χ3v) is 2.76. The van der Waals surface area contributed by atoms with Crippen molar-refractivity contribution in [2.75, 3.05) is 11.6 Å². The van der Waals surface area contributed by atoms with Crippen LogP contribution in [0.1, 0.15) is 11.3 Å². The summed E-state index contributed by atoms with van der Waals surface area (Å²) in [6, 6.07) is 5.90. The van der Waals surface area contributed by atoms with Crippen LogP contribution >= 0.6 is 11.8 Å². The van der Waals surface area contributed by atoms with E-state index in [1.807, 2.05) is 37.6 Å². The number of aryl methyl sites for hydroxylation is 1. The van der Waals surface area contributed by atoms with Crippen LogP contribution in [0, 0.1) is 6.92 Å². The van der Waals surface area contributed by atoms with Gasteiger partial charge in [-0.2, -0.15) is 0 Å². The van der Waals surface area contributed by atoms with Crippen LogP contribution in [0.4, 0.5) is 5.82 Å². The Balaban J connectivity index is 2.06. The van der Waals surface area contributed by atoms with Gasteiger partial charge in [0.1, 0.15) is 5.82 Å². The number of aromatic nitrogens is 3. The van der Waals surface area contributed by atoms with Crippen molar-refractivity contribution in [1.82, 2.24) is 15.0 Å². The highest BCUT2D eigenvalue weighted by Crippen LogP contribution is 2.14. The average Bonchev–Trinajstić information content (AvgIpc) is 2.37. The van der Waals surface area contributed by atoms with E-state index in [-0.39, 0.29) is 0 Å². The summed E-state index contributed by atoms with van der Waals surface area (Å²) in [7, 11) is 0. The van der Waals surface area contributed by atoms with E-state index in [4.69, 9.17) is 0 Å². The molecule has 2 rings (SSSR count). The van der Waals surface area contributed by atoms with E-state index in [9.17, 15) is 0 Å². The van der Waals surface area contributed by atoms with E-state index in [0.29, 0.717) is 0 Å². The fourth-order valence-electron chi connectivity index (χ4n) is 1.42. The highest BCUT2D eigenvalue weighted by Gasteiger charge is 2.00. The average molecular weight is 246 g/mol. The minimum absolute atomic E-state index is 0.720. The van der Waals surface area contributed by atoms with E-state index in [1.165, 1.54) is 0 Å². The Bertz CT molecular complexity index is 487. The second-order valence-corrected chi connectivity index (χ2v) is 4.37. The number of nitrogens with one attached hydrogen (secondary N) is 1. The zero-order valence-electron chi connectivity index (χ0n) is 9.84. The Morgan fingerprint density at radius 2 is 2.24 bits per heavy atom. The van der Waals surface area contributed by atoms with Crippen LogP contribution in [-0.2, 0) is 6.54 Å². The molecule has 0 amide bonds. The van der Waals surface area contributed by atoms with Crippen LogP contribution in [0.15, 0.2) is 35.7 Å². The van der Waals surface area contributed by atoms with Crippen LogP contribution in [0.2, 0.25) is 0 Å². The van der Waals surface area contributed by atoms with Crippen LogP contribution in [-0.4, -0.2) is 21.2 Å². The lowest BCUT2D eigenvalue weighted by Crippen LogP contribution is -2.03. The van der Waals surface area contributed by atoms with Crippen molar-refractivity contribution in [2.24, 2.45) is 0 Å². The molecule has 2 aromatic rings. The molecule has 0 aromatic carbocycles.